The van der Waals surface area contributed by atoms with Crippen molar-refractivity contribution in [3.8, 4) is 17.9 Å². The van der Waals surface area contributed by atoms with E-state index in [0.717, 1.165) is 0 Å². The topological polar surface area (TPSA) is 68.8 Å². The first-order valence-electron chi connectivity index (χ1n) is 6.18. The number of nitrogens with zero attached hydrogens (tertiary/aromatic N) is 2. The first kappa shape index (κ1) is 14.4. The molecule has 0 spiro atoms. The minimum atomic E-state index is -0.436. The summed E-state index contributed by atoms with van der Waals surface area (Å²) < 4.78 is 19.0. The Balaban J connectivity index is 2.17. The van der Waals surface area contributed by atoms with Crippen LogP contribution in [0.2, 0.25) is 0 Å². The second-order valence-corrected chi connectivity index (χ2v) is 4.30. The van der Waals surface area contributed by atoms with Crippen molar-refractivity contribution in [1.29, 1.82) is 10.5 Å². The number of hydrogen-bond donors (Lipinski definition) is 1. The zero-order valence-corrected chi connectivity index (χ0v) is 11.4. The zero-order valence-electron chi connectivity index (χ0n) is 11.4. The number of rotatable bonds is 4. The van der Waals surface area contributed by atoms with E-state index in [0.29, 0.717) is 22.6 Å². The molecule has 0 atom stereocenters. The van der Waals surface area contributed by atoms with Crippen LogP contribution in [0.3, 0.4) is 0 Å². The molecule has 0 aliphatic rings. The van der Waals surface area contributed by atoms with E-state index in [2.05, 4.69) is 5.32 Å². The summed E-state index contributed by atoms with van der Waals surface area (Å²) in [6, 6.07) is 13.2. The van der Waals surface area contributed by atoms with Gasteiger partial charge in [0.1, 0.15) is 11.6 Å². The standard InChI is InChI=1S/C16H12FN3O/c1-21-16-7-12(9-19)3-5-15(16)20-10-13-4-2-11(8-18)6-14(13)17/h2-7,20H,10H2,1H3. The summed E-state index contributed by atoms with van der Waals surface area (Å²) in [6.45, 7) is 0.250. The lowest BCUT2D eigenvalue weighted by atomic mass is 10.1. The minimum absolute atomic E-state index is 0.250. The van der Waals surface area contributed by atoms with E-state index in [1.807, 2.05) is 12.1 Å². The van der Waals surface area contributed by atoms with Gasteiger partial charge in [0.25, 0.3) is 0 Å². The highest BCUT2D eigenvalue weighted by Crippen LogP contribution is 2.26. The summed E-state index contributed by atoms with van der Waals surface area (Å²) in [5.74, 6) is 0.0808. The number of nitriles is 2. The molecule has 0 fully saturated rings. The van der Waals surface area contributed by atoms with Gasteiger partial charge in [0.05, 0.1) is 36.1 Å². The summed E-state index contributed by atoms with van der Waals surface area (Å²) in [4.78, 5) is 0. The average molecular weight is 281 g/mol. The Labute approximate surface area is 122 Å². The number of halogens is 1. The lowest BCUT2D eigenvalue weighted by molar-refractivity contribution is 0.416. The molecule has 0 aromatic heterocycles. The van der Waals surface area contributed by atoms with Crippen LogP contribution >= 0.6 is 0 Å². The second kappa shape index (κ2) is 6.40. The molecule has 21 heavy (non-hydrogen) atoms. The van der Waals surface area contributed by atoms with Crippen LogP contribution in [0.15, 0.2) is 36.4 Å². The lowest BCUT2D eigenvalue weighted by Gasteiger charge is -2.12. The van der Waals surface area contributed by atoms with Gasteiger partial charge in [-0.25, -0.2) is 4.39 Å². The molecule has 5 heteroatoms. The van der Waals surface area contributed by atoms with Crippen molar-refractivity contribution in [2.24, 2.45) is 0 Å². The maximum absolute atomic E-state index is 13.8. The highest BCUT2D eigenvalue weighted by Gasteiger charge is 2.07. The van der Waals surface area contributed by atoms with Crippen molar-refractivity contribution in [1.82, 2.24) is 0 Å². The van der Waals surface area contributed by atoms with Crippen molar-refractivity contribution >= 4 is 5.69 Å². The first-order chi connectivity index (χ1) is 10.2. The molecule has 0 saturated carbocycles. The fourth-order valence-corrected chi connectivity index (χ4v) is 1.86. The number of benzene rings is 2. The Hall–Kier alpha value is -3.05. The van der Waals surface area contributed by atoms with Gasteiger partial charge in [-0.1, -0.05) is 6.07 Å². The Morgan fingerprint density at radius 1 is 1.10 bits per heavy atom. The molecule has 0 amide bonds. The summed E-state index contributed by atoms with van der Waals surface area (Å²) in [5, 5.41) is 20.6. The number of nitrogens with one attached hydrogen (secondary N) is 1. The second-order valence-electron chi connectivity index (χ2n) is 4.30. The lowest BCUT2D eigenvalue weighted by Crippen LogP contribution is -2.03. The molecule has 2 aromatic carbocycles. The third-order valence-electron chi connectivity index (χ3n) is 2.98. The summed E-state index contributed by atoms with van der Waals surface area (Å²) in [5.41, 5.74) is 1.88. The molecular formula is C16H12FN3O. The van der Waals surface area contributed by atoms with Gasteiger partial charge in [0.15, 0.2) is 0 Å². The van der Waals surface area contributed by atoms with Crippen LogP contribution < -0.4 is 10.1 Å². The fourth-order valence-electron chi connectivity index (χ4n) is 1.86. The van der Waals surface area contributed by atoms with Crippen molar-refractivity contribution in [2.45, 2.75) is 6.54 Å². The van der Waals surface area contributed by atoms with E-state index in [1.54, 1.807) is 30.3 Å². The van der Waals surface area contributed by atoms with Gasteiger partial charge in [-0.3, -0.25) is 0 Å². The van der Waals surface area contributed by atoms with Crippen molar-refractivity contribution in [3.05, 3.63) is 58.9 Å². The Morgan fingerprint density at radius 3 is 2.38 bits per heavy atom. The van der Waals surface area contributed by atoms with E-state index in [1.165, 1.54) is 13.2 Å². The van der Waals surface area contributed by atoms with Gasteiger partial charge in [0.2, 0.25) is 0 Å². The van der Waals surface area contributed by atoms with Crippen LogP contribution in [0, 0.1) is 28.5 Å². The molecule has 0 saturated heterocycles. The molecule has 2 rings (SSSR count). The Kier molecular flexibility index (Phi) is 4.38. The van der Waals surface area contributed by atoms with Gasteiger partial charge in [-0.05, 0) is 24.3 Å². The monoisotopic (exact) mass is 281 g/mol. The van der Waals surface area contributed by atoms with E-state index in [9.17, 15) is 4.39 Å². The number of anilines is 1. The van der Waals surface area contributed by atoms with Crippen molar-refractivity contribution in [2.75, 3.05) is 12.4 Å². The van der Waals surface area contributed by atoms with Gasteiger partial charge < -0.3 is 10.1 Å². The zero-order chi connectivity index (χ0) is 15.2. The molecule has 0 heterocycles. The van der Waals surface area contributed by atoms with E-state index in [-0.39, 0.29) is 12.1 Å². The largest absolute Gasteiger partial charge is 0.495 e. The molecule has 0 aliphatic carbocycles. The average Bonchev–Trinajstić information content (AvgIpc) is 2.53. The predicted octanol–water partition coefficient (Wildman–Crippen LogP) is 3.19. The molecule has 104 valence electrons. The summed E-state index contributed by atoms with van der Waals surface area (Å²) in [7, 11) is 1.50. The van der Waals surface area contributed by atoms with Gasteiger partial charge in [-0.2, -0.15) is 10.5 Å². The summed E-state index contributed by atoms with van der Waals surface area (Å²) in [6.07, 6.45) is 0. The molecular weight excluding hydrogens is 269 g/mol. The Bertz CT molecular complexity index is 744. The maximum Gasteiger partial charge on any atom is 0.143 e. The van der Waals surface area contributed by atoms with Crippen LogP contribution in [0.25, 0.3) is 0 Å². The highest BCUT2D eigenvalue weighted by molar-refractivity contribution is 5.59. The van der Waals surface area contributed by atoms with Crippen LogP contribution in [0.1, 0.15) is 16.7 Å². The number of ether oxygens (including phenoxy) is 1. The molecule has 0 bridgehead atoms. The smallest absolute Gasteiger partial charge is 0.143 e. The van der Waals surface area contributed by atoms with E-state index in [4.69, 9.17) is 15.3 Å². The number of methoxy groups -OCH3 is 1. The minimum Gasteiger partial charge on any atom is -0.495 e. The SMILES string of the molecule is COc1cc(C#N)ccc1NCc1ccc(C#N)cc1F. The van der Waals surface area contributed by atoms with Crippen LogP contribution in [-0.2, 0) is 6.54 Å². The normalized spacial score (nSPS) is 9.52. The third-order valence-corrected chi connectivity index (χ3v) is 2.98. The van der Waals surface area contributed by atoms with Gasteiger partial charge in [-0.15, -0.1) is 0 Å². The molecule has 4 nitrogen and oxygen atoms in total. The van der Waals surface area contributed by atoms with Crippen molar-refractivity contribution in [3.63, 3.8) is 0 Å². The predicted molar refractivity (Wildman–Crippen MR) is 76.2 cm³/mol. The molecule has 0 unspecified atom stereocenters. The highest BCUT2D eigenvalue weighted by atomic mass is 19.1. The first-order valence-corrected chi connectivity index (χ1v) is 6.18. The molecule has 1 N–H and O–H groups in total. The van der Waals surface area contributed by atoms with Crippen LogP contribution in [0.4, 0.5) is 10.1 Å². The van der Waals surface area contributed by atoms with Crippen molar-refractivity contribution < 1.29 is 9.13 Å². The maximum atomic E-state index is 13.8. The number of hydrogen-bond acceptors (Lipinski definition) is 4. The van der Waals surface area contributed by atoms with Crippen LogP contribution in [-0.4, -0.2) is 7.11 Å². The fraction of sp³-hybridized carbons (Fsp3) is 0.125. The van der Waals surface area contributed by atoms with Gasteiger partial charge >= 0.3 is 0 Å². The molecule has 2 aromatic rings. The van der Waals surface area contributed by atoms with Gasteiger partial charge in [0, 0.05) is 18.2 Å². The summed E-state index contributed by atoms with van der Waals surface area (Å²) >= 11 is 0. The van der Waals surface area contributed by atoms with E-state index >= 15 is 0 Å². The third kappa shape index (κ3) is 3.29. The van der Waals surface area contributed by atoms with E-state index < -0.39 is 5.82 Å². The van der Waals surface area contributed by atoms with Crippen LogP contribution in [0.5, 0.6) is 5.75 Å². The molecule has 0 aliphatic heterocycles. The Morgan fingerprint density at radius 2 is 1.76 bits per heavy atom. The quantitative estimate of drug-likeness (QED) is 0.934. The molecule has 0 radical (unpaired) electrons.